The molecule has 1 aliphatic rings. The maximum Gasteiger partial charge on any atom is 0.309 e. The van der Waals surface area contributed by atoms with E-state index >= 15 is 0 Å². The Morgan fingerprint density at radius 1 is 1.09 bits per heavy atom. The molecule has 0 aromatic heterocycles. The molecule has 7 heteroatoms. The van der Waals surface area contributed by atoms with Crippen LogP contribution in [0, 0.1) is 29.2 Å². The van der Waals surface area contributed by atoms with E-state index in [2.05, 4.69) is 0 Å². The highest BCUT2D eigenvalue weighted by atomic mass is 19.2. The van der Waals surface area contributed by atoms with Gasteiger partial charge in [0.15, 0.2) is 23.3 Å². The fourth-order valence-corrected chi connectivity index (χ4v) is 3.16. The molecule has 2 N–H and O–H groups in total. The number of carboxylic acids is 1. The number of carbonyl (C=O) groups is 1. The molecule has 1 aliphatic carbocycles. The molecule has 3 nitrogen and oxygen atoms in total. The van der Waals surface area contributed by atoms with Crippen LogP contribution in [0.3, 0.4) is 0 Å². The molecule has 0 saturated heterocycles. The van der Waals surface area contributed by atoms with Crippen molar-refractivity contribution in [1.82, 2.24) is 0 Å². The summed E-state index contributed by atoms with van der Waals surface area (Å²) in [5.41, 5.74) is -0.552. The SMILES string of the molecule is CCc1c(F)c(F)c(F)c(F)c1C1CCC(C(=O)O)C(O)C1. The minimum Gasteiger partial charge on any atom is -0.481 e. The molecular formula is C15H16F4O3. The van der Waals surface area contributed by atoms with Gasteiger partial charge in [-0.05, 0) is 37.2 Å². The highest BCUT2D eigenvalue weighted by molar-refractivity contribution is 5.70. The van der Waals surface area contributed by atoms with Crippen LogP contribution in [0.2, 0.25) is 0 Å². The number of benzene rings is 1. The average molecular weight is 320 g/mol. The van der Waals surface area contributed by atoms with Gasteiger partial charge in [0.2, 0.25) is 0 Å². The Kier molecular flexibility index (Phi) is 4.75. The number of halogens is 4. The summed E-state index contributed by atoms with van der Waals surface area (Å²) >= 11 is 0. The summed E-state index contributed by atoms with van der Waals surface area (Å²) in [6, 6.07) is 0. The molecule has 2 rings (SSSR count). The predicted molar refractivity (Wildman–Crippen MR) is 69.4 cm³/mol. The first-order valence-corrected chi connectivity index (χ1v) is 7.05. The van der Waals surface area contributed by atoms with Crippen LogP contribution in [-0.2, 0) is 11.2 Å². The van der Waals surface area contributed by atoms with Crippen LogP contribution in [0.1, 0.15) is 43.2 Å². The lowest BCUT2D eigenvalue weighted by atomic mass is 9.75. The molecule has 0 bridgehead atoms. The highest BCUT2D eigenvalue weighted by Gasteiger charge is 2.37. The van der Waals surface area contributed by atoms with Crippen LogP contribution in [0.25, 0.3) is 0 Å². The maximum atomic E-state index is 14.1. The molecule has 1 saturated carbocycles. The molecule has 0 spiro atoms. The predicted octanol–water partition coefficient (Wildman–Crippen LogP) is 3.13. The molecule has 0 radical (unpaired) electrons. The van der Waals surface area contributed by atoms with Gasteiger partial charge in [-0.2, -0.15) is 0 Å². The first-order chi connectivity index (χ1) is 10.3. The number of hydrogen-bond acceptors (Lipinski definition) is 2. The number of hydrogen-bond donors (Lipinski definition) is 2. The normalized spacial score (nSPS) is 25.3. The molecule has 1 fully saturated rings. The van der Waals surface area contributed by atoms with Crippen molar-refractivity contribution in [1.29, 1.82) is 0 Å². The maximum absolute atomic E-state index is 14.1. The van der Waals surface area contributed by atoms with Crippen LogP contribution in [0.4, 0.5) is 17.6 Å². The second-order valence-corrected chi connectivity index (χ2v) is 5.52. The highest BCUT2D eigenvalue weighted by Crippen LogP contribution is 2.40. The summed E-state index contributed by atoms with van der Waals surface area (Å²) in [6.45, 7) is 1.48. The van der Waals surface area contributed by atoms with Crippen LogP contribution >= 0.6 is 0 Å². The van der Waals surface area contributed by atoms with Crippen molar-refractivity contribution in [2.75, 3.05) is 0 Å². The Balaban J connectivity index is 2.44. The number of aliphatic hydroxyl groups excluding tert-OH is 1. The third-order valence-electron chi connectivity index (χ3n) is 4.30. The first-order valence-electron chi connectivity index (χ1n) is 7.05. The lowest BCUT2D eigenvalue weighted by Gasteiger charge is -2.32. The smallest absolute Gasteiger partial charge is 0.309 e. The molecule has 0 amide bonds. The summed E-state index contributed by atoms with van der Waals surface area (Å²) in [4.78, 5) is 10.9. The van der Waals surface area contributed by atoms with E-state index in [-0.39, 0.29) is 36.8 Å². The minimum absolute atomic E-state index is 0.0375. The van der Waals surface area contributed by atoms with Gasteiger partial charge in [-0.15, -0.1) is 0 Å². The van der Waals surface area contributed by atoms with Crippen LogP contribution in [-0.4, -0.2) is 22.3 Å². The van der Waals surface area contributed by atoms with Gasteiger partial charge in [-0.3, -0.25) is 4.79 Å². The Labute approximate surface area is 124 Å². The summed E-state index contributed by atoms with van der Waals surface area (Å²) in [5, 5.41) is 18.8. The number of aliphatic hydroxyl groups is 1. The van der Waals surface area contributed by atoms with E-state index in [0.29, 0.717) is 0 Å². The van der Waals surface area contributed by atoms with Crippen LogP contribution in [0.15, 0.2) is 0 Å². The summed E-state index contributed by atoms with van der Waals surface area (Å²) in [6.07, 6.45) is -1.20. The standard InChI is InChI=1S/C15H16F4O3/c1-2-7-10(12(17)14(19)13(18)11(7)16)6-3-4-8(15(21)22)9(20)5-6/h6,8-9,20H,2-5H2,1H3,(H,21,22). The van der Waals surface area contributed by atoms with Gasteiger partial charge < -0.3 is 10.2 Å². The Morgan fingerprint density at radius 2 is 1.68 bits per heavy atom. The third kappa shape index (κ3) is 2.69. The largest absolute Gasteiger partial charge is 0.481 e. The van der Waals surface area contributed by atoms with Crippen molar-refractivity contribution in [3.63, 3.8) is 0 Å². The minimum atomic E-state index is -1.88. The molecule has 1 aromatic carbocycles. The molecule has 3 atom stereocenters. The molecule has 1 aromatic rings. The van der Waals surface area contributed by atoms with E-state index in [1.54, 1.807) is 0 Å². The molecular weight excluding hydrogens is 304 g/mol. The van der Waals surface area contributed by atoms with Gasteiger partial charge in [0.25, 0.3) is 0 Å². The first kappa shape index (κ1) is 16.7. The fraction of sp³-hybridized carbons (Fsp3) is 0.533. The average Bonchev–Trinajstić information content (AvgIpc) is 2.48. The van der Waals surface area contributed by atoms with E-state index in [4.69, 9.17) is 5.11 Å². The fourth-order valence-electron chi connectivity index (χ4n) is 3.16. The molecule has 0 aliphatic heterocycles. The quantitative estimate of drug-likeness (QED) is 0.511. The van der Waals surface area contributed by atoms with Gasteiger partial charge >= 0.3 is 5.97 Å². The van der Waals surface area contributed by atoms with Crippen molar-refractivity contribution in [2.24, 2.45) is 5.92 Å². The second-order valence-electron chi connectivity index (χ2n) is 5.52. The topological polar surface area (TPSA) is 57.5 Å². The molecule has 0 heterocycles. The summed E-state index contributed by atoms with van der Waals surface area (Å²) in [5.74, 6) is -9.51. The van der Waals surface area contributed by atoms with Gasteiger partial charge in [0.1, 0.15) is 0 Å². The molecule has 3 unspecified atom stereocenters. The zero-order valence-electron chi connectivity index (χ0n) is 11.9. The molecule has 122 valence electrons. The zero-order chi connectivity index (χ0) is 16.6. The Hall–Kier alpha value is -1.63. The van der Waals surface area contributed by atoms with Crippen molar-refractivity contribution in [3.05, 3.63) is 34.4 Å². The number of rotatable bonds is 3. The monoisotopic (exact) mass is 320 g/mol. The van der Waals surface area contributed by atoms with Crippen molar-refractivity contribution in [2.45, 2.75) is 44.6 Å². The Bertz CT molecular complexity index is 603. The Morgan fingerprint density at radius 3 is 2.18 bits per heavy atom. The van der Waals surface area contributed by atoms with E-state index in [0.717, 1.165) is 0 Å². The van der Waals surface area contributed by atoms with Crippen molar-refractivity contribution < 1.29 is 32.6 Å². The van der Waals surface area contributed by atoms with Crippen molar-refractivity contribution in [3.8, 4) is 0 Å². The number of carboxylic acid groups (broad SMARTS) is 1. The van der Waals surface area contributed by atoms with E-state index in [9.17, 15) is 27.5 Å². The zero-order valence-corrected chi connectivity index (χ0v) is 11.9. The lowest BCUT2D eigenvalue weighted by Crippen LogP contribution is -2.34. The third-order valence-corrected chi connectivity index (χ3v) is 4.30. The molecule has 22 heavy (non-hydrogen) atoms. The van der Waals surface area contributed by atoms with Gasteiger partial charge in [-0.1, -0.05) is 6.92 Å². The van der Waals surface area contributed by atoms with E-state index in [1.165, 1.54) is 6.92 Å². The van der Waals surface area contributed by atoms with Gasteiger partial charge in [0, 0.05) is 5.56 Å². The van der Waals surface area contributed by atoms with E-state index < -0.39 is 47.2 Å². The van der Waals surface area contributed by atoms with Crippen LogP contribution < -0.4 is 0 Å². The summed E-state index contributed by atoms with van der Waals surface area (Å²) in [7, 11) is 0. The summed E-state index contributed by atoms with van der Waals surface area (Å²) < 4.78 is 54.7. The van der Waals surface area contributed by atoms with Gasteiger partial charge in [-0.25, -0.2) is 17.6 Å². The van der Waals surface area contributed by atoms with Crippen LogP contribution in [0.5, 0.6) is 0 Å². The van der Waals surface area contributed by atoms with E-state index in [1.807, 2.05) is 0 Å². The number of aliphatic carboxylic acids is 1. The second kappa shape index (κ2) is 6.24. The van der Waals surface area contributed by atoms with Crippen molar-refractivity contribution >= 4 is 5.97 Å². The van der Waals surface area contributed by atoms with Gasteiger partial charge in [0.05, 0.1) is 12.0 Å². The lowest BCUT2D eigenvalue weighted by molar-refractivity contribution is -0.147.